The van der Waals surface area contributed by atoms with Crippen LogP contribution in [0, 0.1) is 11.7 Å². The van der Waals surface area contributed by atoms with Gasteiger partial charge in [-0.2, -0.15) is 0 Å². The summed E-state index contributed by atoms with van der Waals surface area (Å²) in [7, 11) is 1.73. The number of rotatable bonds is 3. The number of hydrogen-bond acceptors (Lipinski definition) is 3. The average Bonchev–Trinajstić information content (AvgIpc) is 2.94. The number of para-hydroxylation sites is 1. The maximum absolute atomic E-state index is 13.7. The molecule has 1 amide bonds. The molecule has 2 aliphatic rings. The molecule has 1 aliphatic heterocycles. The Hall–Kier alpha value is -1.62. The largest absolute Gasteiger partial charge is 0.477 e. The van der Waals surface area contributed by atoms with Crippen LogP contribution in [0.25, 0.3) is 0 Å². The molecule has 0 spiro atoms. The number of amides is 1. The van der Waals surface area contributed by atoms with E-state index in [1.165, 1.54) is 6.07 Å². The molecule has 1 aromatic rings. The third kappa shape index (κ3) is 2.95. The molecule has 1 aromatic carbocycles. The quantitative estimate of drug-likeness (QED) is 0.931. The molecule has 4 nitrogen and oxygen atoms in total. The molecular formula is C17H22FNO3. The van der Waals surface area contributed by atoms with Crippen molar-refractivity contribution in [2.75, 3.05) is 13.6 Å². The zero-order chi connectivity index (χ0) is 15.7. The van der Waals surface area contributed by atoms with Crippen LogP contribution in [0.15, 0.2) is 18.2 Å². The van der Waals surface area contributed by atoms with Crippen LogP contribution >= 0.6 is 0 Å². The molecule has 3 rings (SSSR count). The number of fused-ring (bicyclic) bond motifs is 1. The van der Waals surface area contributed by atoms with Crippen LogP contribution in [-0.2, 0) is 11.2 Å². The van der Waals surface area contributed by atoms with E-state index in [9.17, 15) is 14.3 Å². The minimum Gasteiger partial charge on any atom is -0.477 e. The standard InChI is InChI=1S/C17H22FNO3/c1-19(10-12-5-2-3-8-14(12)20)17(21)15-9-11-6-4-7-13(18)16(11)22-15/h4,6-7,12,14-15,20H,2-3,5,8-10H2,1H3. The smallest absolute Gasteiger partial charge is 0.263 e. The average molecular weight is 307 g/mol. The highest BCUT2D eigenvalue weighted by atomic mass is 19.1. The molecule has 1 heterocycles. The number of aliphatic hydroxyl groups is 1. The highest BCUT2D eigenvalue weighted by molar-refractivity contribution is 5.82. The van der Waals surface area contributed by atoms with Crippen molar-refractivity contribution in [3.8, 4) is 5.75 Å². The van der Waals surface area contributed by atoms with Gasteiger partial charge < -0.3 is 14.7 Å². The number of carbonyl (C=O) groups excluding carboxylic acids is 1. The summed E-state index contributed by atoms with van der Waals surface area (Å²) in [5.41, 5.74) is 0.740. The molecule has 1 saturated carbocycles. The van der Waals surface area contributed by atoms with E-state index in [2.05, 4.69) is 0 Å². The summed E-state index contributed by atoms with van der Waals surface area (Å²) in [6.07, 6.45) is 3.32. The minimum absolute atomic E-state index is 0.128. The molecule has 5 heteroatoms. The molecule has 0 bridgehead atoms. The van der Waals surface area contributed by atoms with E-state index in [4.69, 9.17) is 4.74 Å². The Bertz CT molecular complexity index is 563. The lowest BCUT2D eigenvalue weighted by atomic mass is 9.86. The molecule has 1 fully saturated rings. The van der Waals surface area contributed by atoms with E-state index in [0.29, 0.717) is 13.0 Å². The third-order valence-corrected chi connectivity index (χ3v) is 4.74. The molecule has 1 N–H and O–H groups in total. The van der Waals surface area contributed by atoms with Gasteiger partial charge in [-0.3, -0.25) is 4.79 Å². The number of halogens is 1. The fourth-order valence-electron chi connectivity index (χ4n) is 3.46. The molecule has 0 radical (unpaired) electrons. The number of carbonyl (C=O) groups is 1. The first-order valence-electron chi connectivity index (χ1n) is 7.93. The summed E-state index contributed by atoms with van der Waals surface area (Å²) < 4.78 is 19.2. The molecular weight excluding hydrogens is 285 g/mol. The van der Waals surface area contributed by atoms with Crippen molar-refractivity contribution in [3.63, 3.8) is 0 Å². The van der Waals surface area contributed by atoms with Crippen LogP contribution in [0.3, 0.4) is 0 Å². The van der Waals surface area contributed by atoms with Crippen LogP contribution in [0.1, 0.15) is 31.2 Å². The predicted octanol–water partition coefficient (Wildman–Crippen LogP) is 2.14. The lowest BCUT2D eigenvalue weighted by molar-refractivity contribution is -0.137. The fraction of sp³-hybridized carbons (Fsp3) is 0.588. The van der Waals surface area contributed by atoms with E-state index < -0.39 is 11.9 Å². The van der Waals surface area contributed by atoms with Gasteiger partial charge in [-0.15, -0.1) is 0 Å². The fourth-order valence-corrected chi connectivity index (χ4v) is 3.46. The second-order valence-corrected chi connectivity index (χ2v) is 6.37. The van der Waals surface area contributed by atoms with Crippen molar-refractivity contribution in [2.24, 2.45) is 5.92 Å². The second kappa shape index (κ2) is 6.24. The third-order valence-electron chi connectivity index (χ3n) is 4.74. The van der Waals surface area contributed by atoms with Crippen LogP contribution in [-0.4, -0.2) is 41.7 Å². The number of hydrogen-bond donors (Lipinski definition) is 1. The zero-order valence-corrected chi connectivity index (χ0v) is 12.8. The van der Waals surface area contributed by atoms with Gasteiger partial charge in [0.15, 0.2) is 17.7 Å². The second-order valence-electron chi connectivity index (χ2n) is 6.37. The van der Waals surface area contributed by atoms with Crippen molar-refractivity contribution >= 4 is 5.91 Å². The number of likely N-dealkylation sites (N-methyl/N-ethyl adjacent to an activating group) is 1. The van der Waals surface area contributed by atoms with Crippen molar-refractivity contribution in [1.29, 1.82) is 0 Å². The van der Waals surface area contributed by atoms with Crippen LogP contribution in [0.5, 0.6) is 5.75 Å². The van der Waals surface area contributed by atoms with Crippen LogP contribution in [0.4, 0.5) is 4.39 Å². The first-order valence-corrected chi connectivity index (χ1v) is 7.93. The topological polar surface area (TPSA) is 49.8 Å². The van der Waals surface area contributed by atoms with Gasteiger partial charge in [0.2, 0.25) is 0 Å². The highest BCUT2D eigenvalue weighted by Crippen LogP contribution is 2.32. The Balaban J connectivity index is 1.61. The number of ether oxygens (including phenoxy) is 1. The van der Waals surface area contributed by atoms with Gasteiger partial charge in [-0.05, 0) is 18.9 Å². The SMILES string of the molecule is CN(CC1CCCCC1O)C(=O)C1Cc2cccc(F)c2O1. The van der Waals surface area contributed by atoms with E-state index in [1.54, 1.807) is 24.1 Å². The first-order chi connectivity index (χ1) is 10.6. The Morgan fingerprint density at radius 3 is 2.91 bits per heavy atom. The van der Waals surface area contributed by atoms with E-state index >= 15 is 0 Å². The monoisotopic (exact) mass is 307 g/mol. The Morgan fingerprint density at radius 2 is 2.18 bits per heavy atom. The molecule has 0 saturated heterocycles. The molecule has 3 atom stereocenters. The number of aliphatic hydroxyl groups excluding tert-OH is 1. The molecule has 3 unspecified atom stereocenters. The normalized spacial score (nSPS) is 27.1. The summed E-state index contributed by atoms with van der Waals surface area (Å²) in [6.45, 7) is 0.526. The van der Waals surface area contributed by atoms with Gasteiger partial charge in [0.05, 0.1) is 6.10 Å². The molecule has 22 heavy (non-hydrogen) atoms. The van der Waals surface area contributed by atoms with Gasteiger partial charge >= 0.3 is 0 Å². The van der Waals surface area contributed by atoms with Gasteiger partial charge in [-0.1, -0.05) is 25.0 Å². The van der Waals surface area contributed by atoms with E-state index in [1.807, 2.05) is 0 Å². The van der Waals surface area contributed by atoms with E-state index in [-0.39, 0.29) is 23.7 Å². The highest BCUT2D eigenvalue weighted by Gasteiger charge is 2.34. The van der Waals surface area contributed by atoms with Gasteiger partial charge in [0, 0.05) is 31.5 Å². The lowest BCUT2D eigenvalue weighted by Crippen LogP contribution is -2.43. The number of nitrogens with zero attached hydrogens (tertiary/aromatic N) is 1. The van der Waals surface area contributed by atoms with Crippen molar-refractivity contribution in [2.45, 2.75) is 44.3 Å². The van der Waals surface area contributed by atoms with Crippen molar-refractivity contribution in [3.05, 3.63) is 29.6 Å². The summed E-state index contributed by atoms with van der Waals surface area (Å²) >= 11 is 0. The first kappa shape index (κ1) is 15.3. The Labute approximate surface area is 129 Å². The predicted molar refractivity (Wildman–Crippen MR) is 80.1 cm³/mol. The Morgan fingerprint density at radius 1 is 1.41 bits per heavy atom. The number of benzene rings is 1. The van der Waals surface area contributed by atoms with Crippen LogP contribution in [0.2, 0.25) is 0 Å². The molecule has 0 aromatic heterocycles. The lowest BCUT2D eigenvalue weighted by Gasteiger charge is -2.32. The summed E-state index contributed by atoms with van der Waals surface area (Å²) in [5.74, 6) is -0.235. The van der Waals surface area contributed by atoms with Gasteiger partial charge in [-0.25, -0.2) is 4.39 Å². The minimum atomic E-state index is -0.655. The maximum Gasteiger partial charge on any atom is 0.263 e. The van der Waals surface area contributed by atoms with E-state index in [0.717, 1.165) is 31.2 Å². The maximum atomic E-state index is 13.7. The van der Waals surface area contributed by atoms with Gasteiger partial charge in [0.1, 0.15) is 0 Å². The summed E-state index contributed by atoms with van der Waals surface area (Å²) in [4.78, 5) is 14.1. The van der Waals surface area contributed by atoms with Crippen LogP contribution < -0.4 is 4.74 Å². The summed E-state index contributed by atoms with van der Waals surface area (Å²) in [6, 6.07) is 4.76. The Kier molecular flexibility index (Phi) is 4.34. The van der Waals surface area contributed by atoms with Gasteiger partial charge in [0.25, 0.3) is 5.91 Å². The summed E-state index contributed by atoms with van der Waals surface area (Å²) in [5, 5.41) is 10.0. The zero-order valence-electron chi connectivity index (χ0n) is 12.8. The van der Waals surface area contributed by atoms with Crippen molar-refractivity contribution < 1.29 is 19.0 Å². The molecule has 1 aliphatic carbocycles. The van der Waals surface area contributed by atoms with Crippen molar-refractivity contribution in [1.82, 2.24) is 4.90 Å². The molecule has 120 valence electrons.